The Hall–Kier alpha value is -2.69. The number of oxazole rings is 1. The van der Waals surface area contributed by atoms with Gasteiger partial charge in [-0.15, -0.1) is 0 Å². The Labute approximate surface area is 153 Å². The van der Waals surface area contributed by atoms with Crippen LogP contribution in [-0.4, -0.2) is 16.2 Å². The zero-order valence-corrected chi connectivity index (χ0v) is 14.4. The van der Waals surface area contributed by atoms with E-state index in [0.29, 0.717) is 21.5 Å². The van der Waals surface area contributed by atoms with Crippen molar-refractivity contribution < 1.29 is 4.42 Å². The molecule has 0 N–H and O–H groups in total. The van der Waals surface area contributed by atoms with Crippen LogP contribution in [0.3, 0.4) is 0 Å². The molecule has 0 aliphatic heterocycles. The predicted octanol–water partition coefficient (Wildman–Crippen LogP) is 5.95. The molecule has 0 amide bonds. The van der Waals surface area contributed by atoms with Crippen molar-refractivity contribution in [2.24, 2.45) is 4.99 Å². The summed E-state index contributed by atoms with van der Waals surface area (Å²) in [6.45, 7) is 0. The molecule has 0 unspecified atom stereocenters. The van der Waals surface area contributed by atoms with Gasteiger partial charge in [0.1, 0.15) is 5.52 Å². The van der Waals surface area contributed by atoms with Crippen molar-refractivity contribution in [3.63, 3.8) is 0 Å². The van der Waals surface area contributed by atoms with Crippen LogP contribution in [0.25, 0.3) is 22.6 Å². The lowest BCUT2D eigenvalue weighted by Gasteiger charge is -1.99. The number of hydrogen-bond donors (Lipinski definition) is 0. The summed E-state index contributed by atoms with van der Waals surface area (Å²) in [5.74, 6) is 0.530. The lowest BCUT2D eigenvalue weighted by molar-refractivity contribution is 0.619. The smallest absolute Gasteiger partial charge is 0.228 e. The Kier molecular flexibility index (Phi) is 4.22. The van der Waals surface area contributed by atoms with Gasteiger partial charge in [0.05, 0.1) is 21.3 Å². The van der Waals surface area contributed by atoms with Crippen LogP contribution in [0.4, 0.5) is 5.69 Å². The van der Waals surface area contributed by atoms with Gasteiger partial charge in [-0.2, -0.15) is 0 Å². The molecule has 0 saturated carbocycles. The minimum absolute atomic E-state index is 0.481. The molecular formula is C19H11Cl2N3O. The van der Waals surface area contributed by atoms with E-state index in [0.717, 1.165) is 22.3 Å². The van der Waals surface area contributed by atoms with Crippen LogP contribution < -0.4 is 0 Å². The summed E-state index contributed by atoms with van der Waals surface area (Å²) in [5, 5.41) is 0.980. The van der Waals surface area contributed by atoms with Crippen molar-refractivity contribution in [1.29, 1.82) is 0 Å². The molecule has 4 nitrogen and oxygen atoms in total. The molecule has 4 aromatic rings. The zero-order chi connectivity index (χ0) is 17.2. The fourth-order valence-corrected chi connectivity index (χ4v) is 2.73. The van der Waals surface area contributed by atoms with E-state index in [4.69, 9.17) is 27.6 Å². The van der Waals surface area contributed by atoms with Crippen molar-refractivity contribution in [1.82, 2.24) is 9.97 Å². The molecule has 6 heteroatoms. The van der Waals surface area contributed by atoms with Crippen LogP contribution in [-0.2, 0) is 0 Å². The van der Waals surface area contributed by atoms with Crippen LogP contribution >= 0.6 is 23.2 Å². The molecule has 0 aliphatic rings. The van der Waals surface area contributed by atoms with Crippen LogP contribution in [0.1, 0.15) is 5.56 Å². The molecular weight excluding hydrogens is 357 g/mol. The van der Waals surface area contributed by atoms with E-state index in [1.807, 2.05) is 42.5 Å². The normalized spacial score (nSPS) is 11.4. The molecule has 0 spiro atoms. The van der Waals surface area contributed by atoms with E-state index in [-0.39, 0.29) is 0 Å². The molecule has 0 bridgehead atoms. The number of fused-ring (bicyclic) bond motifs is 1. The van der Waals surface area contributed by atoms with Crippen molar-refractivity contribution >= 4 is 46.2 Å². The van der Waals surface area contributed by atoms with Gasteiger partial charge < -0.3 is 4.42 Å². The van der Waals surface area contributed by atoms with E-state index >= 15 is 0 Å². The number of aliphatic imine (C=N–C) groups is 1. The highest BCUT2D eigenvalue weighted by atomic mass is 35.5. The number of nitrogens with zero attached hydrogens (tertiary/aromatic N) is 3. The maximum atomic E-state index is 6.17. The van der Waals surface area contributed by atoms with Crippen molar-refractivity contribution in [2.75, 3.05) is 0 Å². The minimum atomic E-state index is 0.481. The van der Waals surface area contributed by atoms with Crippen molar-refractivity contribution in [2.45, 2.75) is 0 Å². The minimum Gasteiger partial charge on any atom is -0.436 e. The molecule has 2 aromatic carbocycles. The first-order valence-electron chi connectivity index (χ1n) is 7.50. The highest BCUT2D eigenvalue weighted by Crippen LogP contribution is 2.28. The highest BCUT2D eigenvalue weighted by molar-refractivity contribution is 6.43. The largest absolute Gasteiger partial charge is 0.436 e. The van der Waals surface area contributed by atoms with Gasteiger partial charge in [0.25, 0.3) is 0 Å². The fraction of sp³-hybridized carbons (Fsp3) is 0. The topological polar surface area (TPSA) is 51.3 Å². The first-order chi connectivity index (χ1) is 12.2. The zero-order valence-electron chi connectivity index (χ0n) is 12.9. The maximum Gasteiger partial charge on any atom is 0.228 e. The third-order valence-electron chi connectivity index (χ3n) is 3.61. The Bertz CT molecular complexity index is 1070. The molecule has 25 heavy (non-hydrogen) atoms. The number of halogens is 2. The second kappa shape index (κ2) is 6.67. The second-order valence-electron chi connectivity index (χ2n) is 5.31. The van der Waals surface area contributed by atoms with Gasteiger partial charge in [-0.1, -0.05) is 35.3 Å². The molecule has 0 fully saturated rings. The summed E-state index contributed by atoms with van der Waals surface area (Å²) >= 11 is 12.2. The summed E-state index contributed by atoms with van der Waals surface area (Å²) < 4.78 is 5.77. The van der Waals surface area contributed by atoms with Crippen LogP contribution in [0.15, 0.2) is 70.3 Å². The monoisotopic (exact) mass is 367 g/mol. The van der Waals surface area contributed by atoms with Crippen molar-refractivity contribution in [3.05, 3.63) is 76.5 Å². The second-order valence-corrected chi connectivity index (χ2v) is 6.10. The van der Waals surface area contributed by atoms with Gasteiger partial charge in [-0.25, -0.2) is 4.98 Å². The average molecular weight is 368 g/mol. The molecule has 0 aliphatic carbocycles. The third kappa shape index (κ3) is 3.27. The van der Waals surface area contributed by atoms with Crippen molar-refractivity contribution in [3.8, 4) is 11.5 Å². The first kappa shape index (κ1) is 15.8. The number of pyridine rings is 1. The summed E-state index contributed by atoms with van der Waals surface area (Å²) in [5.41, 5.74) is 3.75. The average Bonchev–Trinajstić information content (AvgIpc) is 3.07. The number of rotatable bonds is 3. The molecule has 0 saturated heterocycles. The van der Waals surface area contributed by atoms with E-state index in [1.54, 1.807) is 24.7 Å². The quantitative estimate of drug-likeness (QED) is 0.420. The van der Waals surface area contributed by atoms with Gasteiger partial charge in [0, 0.05) is 24.2 Å². The van der Waals surface area contributed by atoms with Crippen LogP contribution in [0.2, 0.25) is 10.0 Å². The third-order valence-corrected chi connectivity index (χ3v) is 4.45. The SMILES string of the molecule is Clc1cccc(C=Nc2ccc3oc(-c4cccnc4)nc3c2)c1Cl. The number of hydrogen-bond acceptors (Lipinski definition) is 4. The lowest BCUT2D eigenvalue weighted by Crippen LogP contribution is -1.83. The van der Waals surface area contributed by atoms with Gasteiger partial charge in [0.15, 0.2) is 5.58 Å². The maximum absolute atomic E-state index is 6.17. The lowest BCUT2D eigenvalue weighted by atomic mass is 10.2. The van der Waals surface area contributed by atoms with E-state index in [1.165, 1.54) is 0 Å². The standard InChI is InChI=1S/C19H11Cl2N3O/c20-15-5-1-3-12(18(15)21)11-23-14-6-7-17-16(9-14)24-19(25-17)13-4-2-8-22-10-13/h1-11H. The molecule has 0 radical (unpaired) electrons. The summed E-state index contributed by atoms with van der Waals surface area (Å²) in [7, 11) is 0. The predicted molar refractivity (Wildman–Crippen MR) is 101 cm³/mol. The van der Waals surface area contributed by atoms with Gasteiger partial charge >= 0.3 is 0 Å². The van der Waals surface area contributed by atoms with Gasteiger partial charge in [0.2, 0.25) is 5.89 Å². The van der Waals surface area contributed by atoms with Crippen LogP contribution in [0, 0.1) is 0 Å². The Morgan fingerprint density at radius 2 is 1.96 bits per heavy atom. The first-order valence-corrected chi connectivity index (χ1v) is 8.25. The molecule has 0 atom stereocenters. The summed E-state index contributed by atoms with van der Waals surface area (Å²) in [6, 6.07) is 14.7. The molecule has 122 valence electrons. The van der Waals surface area contributed by atoms with Gasteiger partial charge in [-0.05, 0) is 36.4 Å². The van der Waals surface area contributed by atoms with Gasteiger partial charge in [-0.3, -0.25) is 9.98 Å². The highest BCUT2D eigenvalue weighted by Gasteiger charge is 2.08. The Morgan fingerprint density at radius 3 is 2.80 bits per heavy atom. The molecule has 2 heterocycles. The summed E-state index contributed by atoms with van der Waals surface area (Å²) in [6.07, 6.45) is 5.10. The van der Waals surface area contributed by atoms with E-state index < -0.39 is 0 Å². The number of aromatic nitrogens is 2. The Morgan fingerprint density at radius 1 is 1.04 bits per heavy atom. The van der Waals surface area contributed by atoms with E-state index in [2.05, 4.69) is 15.0 Å². The molecule has 4 rings (SSSR count). The Balaban J connectivity index is 1.67. The summed E-state index contributed by atoms with van der Waals surface area (Å²) in [4.78, 5) is 13.0. The van der Waals surface area contributed by atoms with Crippen LogP contribution in [0.5, 0.6) is 0 Å². The van der Waals surface area contributed by atoms with E-state index in [9.17, 15) is 0 Å². The fourth-order valence-electron chi connectivity index (χ4n) is 2.37. The number of benzene rings is 2. The molecule has 2 aromatic heterocycles.